The molecular weight excluding hydrogens is 200 g/mol. The molecule has 0 N–H and O–H groups in total. The molecule has 0 saturated heterocycles. The summed E-state index contributed by atoms with van der Waals surface area (Å²) in [6.45, 7) is 10.6. The normalized spacial score (nSPS) is 11.9. The van der Waals surface area contributed by atoms with Crippen LogP contribution in [-0.4, -0.2) is 12.1 Å². The van der Waals surface area contributed by atoms with Gasteiger partial charge < -0.3 is 4.74 Å². The molecule has 0 aliphatic rings. The molecule has 0 heterocycles. The second-order valence-electron chi connectivity index (χ2n) is 6.01. The van der Waals surface area contributed by atoms with Gasteiger partial charge in [-0.1, -0.05) is 40.0 Å². The summed E-state index contributed by atoms with van der Waals surface area (Å²) in [6, 6.07) is 0. The Hall–Kier alpha value is -0.530. The van der Waals surface area contributed by atoms with Crippen molar-refractivity contribution < 1.29 is 9.53 Å². The molecule has 0 aliphatic carbocycles. The molecule has 96 valence electrons. The quantitative estimate of drug-likeness (QED) is 0.479. The lowest BCUT2D eigenvalue weighted by Crippen LogP contribution is -2.10. The maximum atomic E-state index is 11.2. The number of ether oxygens (including phenoxy) is 1. The van der Waals surface area contributed by atoms with Crippen molar-refractivity contribution in [2.75, 3.05) is 0 Å². The van der Waals surface area contributed by atoms with Crippen molar-refractivity contribution in [3.63, 3.8) is 0 Å². The van der Waals surface area contributed by atoms with Crippen LogP contribution >= 0.6 is 0 Å². The fraction of sp³-hybridized carbons (Fsp3) is 0.929. The van der Waals surface area contributed by atoms with Crippen molar-refractivity contribution >= 4 is 5.97 Å². The Morgan fingerprint density at radius 2 is 1.62 bits per heavy atom. The molecule has 0 radical (unpaired) electrons. The third kappa shape index (κ3) is 11.5. The fourth-order valence-electron chi connectivity index (χ4n) is 1.60. The lowest BCUT2D eigenvalue weighted by molar-refractivity contribution is -0.147. The van der Waals surface area contributed by atoms with Crippen LogP contribution in [0.4, 0.5) is 0 Å². The van der Waals surface area contributed by atoms with Crippen LogP contribution in [0.15, 0.2) is 0 Å². The first-order chi connectivity index (χ1) is 7.31. The minimum Gasteiger partial charge on any atom is -0.463 e. The highest BCUT2D eigenvalue weighted by atomic mass is 16.5. The third-order valence-electron chi connectivity index (χ3n) is 2.42. The molecule has 2 nitrogen and oxygen atoms in total. The molecule has 0 rings (SSSR count). The van der Waals surface area contributed by atoms with Gasteiger partial charge in [0.15, 0.2) is 0 Å². The van der Waals surface area contributed by atoms with E-state index in [1.165, 1.54) is 19.3 Å². The SMILES string of the molecule is CC(C)OC(=O)CCCCCCC(C)(C)C. The van der Waals surface area contributed by atoms with Gasteiger partial charge in [0, 0.05) is 6.42 Å². The van der Waals surface area contributed by atoms with E-state index in [0.717, 1.165) is 12.8 Å². The molecular formula is C14H28O2. The molecule has 0 atom stereocenters. The lowest BCUT2D eigenvalue weighted by Gasteiger charge is -2.17. The molecule has 2 heteroatoms. The summed E-state index contributed by atoms with van der Waals surface area (Å²) >= 11 is 0. The smallest absolute Gasteiger partial charge is 0.306 e. The average molecular weight is 228 g/mol. The summed E-state index contributed by atoms with van der Waals surface area (Å²) in [5.41, 5.74) is 0.441. The molecule has 0 aromatic heterocycles. The molecule has 0 amide bonds. The number of carbonyl (C=O) groups excluding carboxylic acids is 1. The first-order valence-corrected chi connectivity index (χ1v) is 6.51. The number of rotatable bonds is 7. The topological polar surface area (TPSA) is 26.3 Å². The van der Waals surface area contributed by atoms with E-state index < -0.39 is 0 Å². The van der Waals surface area contributed by atoms with Crippen LogP contribution < -0.4 is 0 Å². The summed E-state index contributed by atoms with van der Waals surface area (Å²) in [6.07, 6.45) is 6.47. The summed E-state index contributed by atoms with van der Waals surface area (Å²) in [7, 11) is 0. The fourth-order valence-corrected chi connectivity index (χ4v) is 1.60. The van der Waals surface area contributed by atoms with Crippen LogP contribution in [0.25, 0.3) is 0 Å². The van der Waals surface area contributed by atoms with E-state index in [1.807, 2.05) is 13.8 Å². The van der Waals surface area contributed by atoms with E-state index in [2.05, 4.69) is 20.8 Å². The van der Waals surface area contributed by atoms with E-state index in [9.17, 15) is 4.79 Å². The van der Waals surface area contributed by atoms with Crippen molar-refractivity contribution in [1.29, 1.82) is 0 Å². The first-order valence-electron chi connectivity index (χ1n) is 6.51. The van der Waals surface area contributed by atoms with Crippen molar-refractivity contribution in [2.45, 2.75) is 79.2 Å². The maximum Gasteiger partial charge on any atom is 0.306 e. The molecule has 0 aromatic carbocycles. The largest absolute Gasteiger partial charge is 0.463 e. The molecule has 0 aliphatic heterocycles. The monoisotopic (exact) mass is 228 g/mol. The lowest BCUT2D eigenvalue weighted by atomic mass is 9.89. The number of esters is 1. The molecule has 0 bridgehead atoms. The predicted molar refractivity (Wildman–Crippen MR) is 68.4 cm³/mol. The van der Waals surface area contributed by atoms with Gasteiger partial charge in [-0.25, -0.2) is 0 Å². The molecule has 16 heavy (non-hydrogen) atoms. The number of unbranched alkanes of at least 4 members (excludes halogenated alkanes) is 3. The van der Waals surface area contributed by atoms with E-state index in [1.54, 1.807) is 0 Å². The van der Waals surface area contributed by atoms with E-state index >= 15 is 0 Å². The van der Waals surface area contributed by atoms with Crippen LogP contribution in [-0.2, 0) is 9.53 Å². The van der Waals surface area contributed by atoms with Crippen LogP contribution in [0.5, 0.6) is 0 Å². The summed E-state index contributed by atoms with van der Waals surface area (Å²) in [5.74, 6) is -0.0502. The highest BCUT2D eigenvalue weighted by Crippen LogP contribution is 2.22. The van der Waals surface area contributed by atoms with Crippen molar-refractivity contribution in [1.82, 2.24) is 0 Å². The zero-order valence-electron chi connectivity index (χ0n) is 11.6. The van der Waals surface area contributed by atoms with Gasteiger partial charge in [-0.2, -0.15) is 0 Å². The highest BCUT2D eigenvalue weighted by molar-refractivity contribution is 5.69. The average Bonchev–Trinajstić information content (AvgIpc) is 2.07. The zero-order chi connectivity index (χ0) is 12.6. The van der Waals surface area contributed by atoms with Crippen LogP contribution in [0.3, 0.4) is 0 Å². The zero-order valence-corrected chi connectivity index (χ0v) is 11.6. The Balaban J connectivity index is 3.31. The minimum absolute atomic E-state index is 0.0217. The van der Waals surface area contributed by atoms with Gasteiger partial charge in [0.2, 0.25) is 0 Å². The number of hydrogen-bond acceptors (Lipinski definition) is 2. The van der Waals surface area contributed by atoms with Crippen molar-refractivity contribution in [3.05, 3.63) is 0 Å². The molecule has 0 fully saturated rings. The van der Waals surface area contributed by atoms with Gasteiger partial charge >= 0.3 is 5.97 Å². The number of hydrogen-bond donors (Lipinski definition) is 0. The standard InChI is InChI=1S/C14H28O2/c1-12(2)16-13(15)10-8-6-7-9-11-14(3,4)5/h12H,6-11H2,1-5H3. The molecule has 0 saturated carbocycles. The predicted octanol–water partition coefficient (Wildman–Crippen LogP) is 4.32. The number of carbonyl (C=O) groups is 1. The summed E-state index contributed by atoms with van der Waals surface area (Å²) in [4.78, 5) is 11.2. The van der Waals surface area contributed by atoms with Gasteiger partial charge in [-0.05, 0) is 32.1 Å². The Morgan fingerprint density at radius 3 is 2.12 bits per heavy atom. The maximum absolute atomic E-state index is 11.2. The third-order valence-corrected chi connectivity index (χ3v) is 2.42. The Morgan fingerprint density at radius 1 is 1.06 bits per heavy atom. The Kier molecular flexibility index (Phi) is 7.44. The van der Waals surface area contributed by atoms with Crippen LogP contribution in [0.2, 0.25) is 0 Å². The van der Waals surface area contributed by atoms with Crippen LogP contribution in [0, 0.1) is 5.41 Å². The van der Waals surface area contributed by atoms with Gasteiger partial charge in [0.25, 0.3) is 0 Å². The minimum atomic E-state index is -0.0502. The van der Waals surface area contributed by atoms with Gasteiger partial charge in [-0.15, -0.1) is 0 Å². The van der Waals surface area contributed by atoms with Crippen molar-refractivity contribution in [2.24, 2.45) is 5.41 Å². The highest BCUT2D eigenvalue weighted by Gasteiger charge is 2.09. The van der Waals surface area contributed by atoms with Gasteiger partial charge in [0.05, 0.1) is 6.10 Å². The van der Waals surface area contributed by atoms with Gasteiger partial charge in [-0.3, -0.25) is 4.79 Å². The molecule has 0 spiro atoms. The van der Waals surface area contributed by atoms with Crippen molar-refractivity contribution in [3.8, 4) is 0 Å². The molecule has 0 aromatic rings. The Labute approximate surface area is 101 Å². The second-order valence-corrected chi connectivity index (χ2v) is 6.01. The Bertz CT molecular complexity index is 189. The van der Waals surface area contributed by atoms with E-state index in [0.29, 0.717) is 11.8 Å². The first kappa shape index (κ1) is 15.5. The second kappa shape index (κ2) is 7.70. The summed E-state index contributed by atoms with van der Waals surface area (Å²) < 4.78 is 5.07. The molecule has 0 unspecified atom stereocenters. The van der Waals surface area contributed by atoms with Crippen LogP contribution in [0.1, 0.15) is 73.1 Å². The van der Waals surface area contributed by atoms with E-state index in [-0.39, 0.29) is 12.1 Å². The van der Waals surface area contributed by atoms with Gasteiger partial charge in [0.1, 0.15) is 0 Å². The summed E-state index contributed by atoms with van der Waals surface area (Å²) in [5, 5.41) is 0. The van der Waals surface area contributed by atoms with E-state index in [4.69, 9.17) is 4.74 Å².